The quantitative estimate of drug-likeness (QED) is 0.626. The highest BCUT2D eigenvalue weighted by molar-refractivity contribution is 7.17. The number of anilines is 1. The van der Waals surface area contributed by atoms with Crippen LogP contribution in [0, 0.1) is 0 Å². The molecule has 0 amide bonds. The largest absolute Gasteiger partial charge is 0.462 e. The fourth-order valence-corrected chi connectivity index (χ4v) is 2.39. The van der Waals surface area contributed by atoms with Gasteiger partial charge in [-0.15, -0.1) is 11.3 Å². The molecule has 3 nitrogen and oxygen atoms in total. The summed E-state index contributed by atoms with van der Waals surface area (Å²) in [5, 5.41) is 2.72. The summed E-state index contributed by atoms with van der Waals surface area (Å²) >= 11 is 1.50. The minimum absolute atomic E-state index is 0.270. The van der Waals surface area contributed by atoms with Crippen molar-refractivity contribution in [2.75, 3.05) is 12.3 Å². The van der Waals surface area contributed by atoms with Crippen molar-refractivity contribution in [3.05, 3.63) is 29.1 Å². The Morgan fingerprint density at radius 1 is 1.53 bits per heavy atom. The Bertz CT molecular complexity index is 504. The second-order valence-electron chi connectivity index (χ2n) is 3.13. The van der Waals surface area contributed by atoms with E-state index in [0.717, 1.165) is 10.1 Å². The molecule has 0 aliphatic carbocycles. The van der Waals surface area contributed by atoms with E-state index in [1.165, 1.54) is 11.3 Å². The lowest BCUT2D eigenvalue weighted by Gasteiger charge is -1.99. The summed E-state index contributed by atoms with van der Waals surface area (Å²) in [6.45, 7) is 2.19. The first-order valence-corrected chi connectivity index (χ1v) is 5.54. The molecule has 1 aromatic heterocycles. The molecule has 0 radical (unpaired) electrons. The number of rotatable bonds is 2. The molecule has 0 saturated heterocycles. The molecule has 0 bridgehead atoms. The molecule has 2 rings (SSSR count). The minimum atomic E-state index is -0.270. The minimum Gasteiger partial charge on any atom is -0.462 e. The first kappa shape index (κ1) is 9.98. The fraction of sp³-hybridized carbons (Fsp3) is 0.182. The van der Waals surface area contributed by atoms with Crippen molar-refractivity contribution < 1.29 is 9.53 Å². The van der Waals surface area contributed by atoms with Gasteiger partial charge in [-0.3, -0.25) is 0 Å². The maximum absolute atomic E-state index is 11.6. The number of esters is 1. The van der Waals surface area contributed by atoms with Crippen molar-refractivity contribution in [3.63, 3.8) is 0 Å². The molecule has 0 fully saturated rings. The van der Waals surface area contributed by atoms with Crippen LogP contribution >= 0.6 is 11.3 Å². The Morgan fingerprint density at radius 2 is 2.33 bits per heavy atom. The third kappa shape index (κ3) is 1.80. The molecule has 15 heavy (non-hydrogen) atoms. The monoisotopic (exact) mass is 221 g/mol. The second kappa shape index (κ2) is 3.90. The third-order valence-corrected chi connectivity index (χ3v) is 3.04. The zero-order valence-electron chi connectivity index (χ0n) is 8.32. The van der Waals surface area contributed by atoms with Crippen LogP contribution in [0.3, 0.4) is 0 Å². The predicted octanol–water partition coefficient (Wildman–Crippen LogP) is 2.66. The van der Waals surface area contributed by atoms with Gasteiger partial charge in [-0.05, 0) is 19.1 Å². The highest BCUT2D eigenvalue weighted by Crippen LogP contribution is 2.28. The third-order valence-electron chi connectivity index (χ3n) is 2.09. The molecular weight excluding hydrogens is 210 g/mol. The van der Waals surface area contributed by atoms with Crippen LogP contribution in [-0.2, 0) is 4.74 Å². The van der Waals surface area contributed by atoms with Gasteiger partial charge in [0.15, 0.2) is 0 Å². The average molecular weight is 221 g/mol. The zero-order chi connectivity index (χ0) is 10.8. The number of nitrogen functional groups attached to an aromatic ring is 1. The number of fused-ring (bicyclic) bond motifs is 1. The van der Waals surface area contributed by atoms with Crippen LogP contribution in [0.5, 0.6) is 0 Å². The van der Waals surface area contributed by atoms with E-state index in [1.54, 1.807) is 13.0 Å². The standard InChI is InChI=1S/C11H11NO2S/c1-2-14-11(13)9-6-15-10-5-7(12)3-4-8(9)10/h3-6H,2,12H2,1H3. The van der Waals surface area contributed by atoms with Gasteiger partial charge in [0.05, 0.1) is 12.2 Å². The maximum atomic E-state index is 11.6. The molecule has 0 aliphatic heterocycles. The van der Waals surface area contributed by atoms with Gasteiger partial charge < -0.3 is 10.5 Å². The number of nitrogens with two attached hydrogens (primary N) is 1. The summed E-state index contributed by atoms with van der Waals surface area (Å²) in [4.78, 5) is 11.6. The first-order chi connectivity index (χ1) is 7.22. The number of hydrogen-bond acceptors (Lipinski definition) is 4. The molecule has 0 saturated carbocycles. The zero-order valence-corrected chi connectivity index (χ0v) is 9.14. The summed E-state index contributed by atoms with van der Waals surface area (Å²) < 4.78 is 5.97. The predicted molar refractivity (Wildman–Crippen MR) is 62.2 cm³/mol. The normalized spacial score (nSPS) is 10.5. The van der Waals surface area contributed by atoms with Gasteiger partial charge in [0, 0.05) is 21.2 Å². The van der Waals surface area contributed by atoms with E-state index in [1.807, 2.05) is 17.5 Å². The van der Waals surface area contributed by atoms with E-state index in [9.17, 15) is 4.79 Å². The van der Waals surface area contributed by atoms with Crippen LogP contribution in [0.15, 0.2) is 23.6 Å². The summed E-state index contributed by atoms with van der Waals surface area (Å²) in [5.41, 5.74) is 6.99. The lowest BCUT2D eigenvalue weighted by atomic mass is 10.1. The Morgan fingerprint density at radius 3 is 3.07 bits per heavy atom. The molecule has 0 atom stereocenters. The summed E-state index contributed by atoms with van der Waals surface area (Å²) in [6.07, 6.45) is 0. The molecule has 1 aromatic carbocycles. The van der Waals surface area contributed by atoms with Gasteiger partial charge in [-0.1, -0.05) is 6.07 Å². The smallest absolute Gasteiger partial charge is 0.339 e. The molecule has 0 aliphatic rings. The van der Waals surface area contributed by atoms with Crippen LogP contribution in [0.2, 0.25) is 0 Å². The van der Waals surface area contributed by atoms with E-state index in [0.29, 0.717) is 17.9 Å². The van der Waals surface area contributed by atoms with Crippen molar-refractivity contribution >= 4 is 33.1 Å². The van der Waals surface area contributed by atoms with Gasteiger partial charge in [-0.2, -0.15) is 0 Å². The Balaban J connectivity index is 2.49. The van der Waals surface area contributed by atoms with Gasteiger partial charge in [0.2, 0.25) is 0 Å². The molecular formula is C11H11NO2S. The number of carbonyl (C=O) groups is 1. The molecule has 78 valence electrons. The number of thiophene rings is 1. The van der Waals surface area contributed by atoms with E-state index in [2.05, 4.69) is 0 Å². The first-order valence-electron chi connectivity index (χ1n) is 4.66. The van der Waals surface area contributed by atoms with Crippen molar-refractivity contribution in [2.45, 2.75) is 6.92 Å². The van der Waals surface area contributed by atoms with Crippen molar-refractivity contribution in [3.8, 4) is 0 Å². The summed E-state index contributed by atoms with van der Waals surface area (Å²) in [6, 6.07) is 5.51. The van der Waals surface area contributed by atoms with E-state index < -0.39 is 0 Å². The van der Waals surface area contributed by atoms with Crippen molar-refractivity contribution in [1.82, 2.24) is 0 Å². The highest BCUT2D eigenvalue weighted by Gasteiger charge is 2.12. The number of hydrogen-bond donors (Lipinski definition) is 1. The summed E-state index contributed by atoms with van der Waals surface area (Å²) in [5.74, 6) is -0.270. The molecule has 1 heterocycles. The molecule has 0 spiro atoms. The Labute approximate surface area is 91.5 Å². The van der Waals surface area contributed by atoms with Crippen molar-refractivity contribution in [2.24, 2.45) is 0 Å². The summed E-state index contributed by atoms with van der Waals surface area (Å²) in [7, 11) is 0. The average Bonchev–Trinajstić information content (AvgIpc) is 2.60. The Hall–Kier alpha value is -1.55. The number of carbonyl (C=O) groups excluding carboxylic acids is 1. The molecule has 0 unspecified atom stereocenters. The highest BCUT2D eigenvalue weighted by atomic mass is 32.1. The van der Waals surface area contributed by atoms with E-state index in [-0.39, 0.29) is 5.97 Å². The maximum Gasteiger partial charge on any atom is 0.339 e. The molecule has 4 heteroatoms. The van der Waals surface area contributed by atoms with Gasteiger partial charge >= 0.3 is 5.97 Å². The van der Waals surface area contributed by atoms with Gasteiger partial charge in [0.25, 0.3) is 0 Å². The Kier molecular flexibility index (Phi) is 2.60. The SMILES string of the molecule is CCOC(=O)c1csc2cc(N)ccc12. The van der Waals surface area contributed by atoms with E-state index in [4.69, 9.17) is 10.5 Å². The number of ether oxygens (including phenoxy) is 1. The molecule has 2 N–H and O–H groups in total. The lowest BCUT2D eigenvalue weighted by molar-refractivity contribution is 0.0529. The number of benzene rings is 1. The molecule has 2 aromatic rings. The van der Waals surface area contributed by atoms with Crippen LogP contribution in [-0.4, -0.2) is 12.6 Å². The topological polar surface area (TPSA) is 52.3 Å². The van der Waals surface area contributed by atoms with E-state index >= 15 is 0 Å². The second-order valence-corrected chi connectivity index (χ2v) is 4.04. The van der Waals surface area contributed by atoms with Gasteiger partial charge in [0.1, 0.15) is 0 Å². The van der Waals surface area contributed by atoms with Crippen LogP contribution in [0.4, 0.5) is 5.69 Å². The fourth-order valence-electron chi connectivity index (χ4n) is 1.41. The van der Waals surface area contributed by atoms with Crippen molar-refractivity contribution in [1.29, 1.82) is 0 Å². The van der Waals surface area contributed by atoms with Crippen LogP contribution in [0.25, 0.3) is 10.1 Å². The van der Waals surface area contributed by atoms with Gasteiger partial charge in [-0.25, -0.2) is 4.79 Å². The van der Waals surface area contributed by atoms with Crippen LogP contribution in [0.1, 0.15) is 17.3 Å². The lowest BCUT2D eigenvalue weighted by Crippen LogP contribution is -2.03. The van der Waals surface area contributed by atoms with Crippen LogP contribution < -0.4 is 5.73 Å².